The Labute approximate surface area is 132 Å². The van der Waals surface area contributed by atoms with Crippen LogP contribution in [0.4, 0.5) is 0 Å². The number of benzene rings is 1. The van der Waals surface area contributed by atoms with Crippen molar-refractivity contribution in [2.75, 3.05) is 7.11 Å². The van der Waals surface area contributed by atoms with Gasteiger partial charge in [0.1, 0.15) is 0 Å². The fraction of sp³-hybridized carbons (Fsp3) is 0.389. The third kappa shape index (κ3) is 6.48. The van der Waals surface area contributed by atoms with Crippen molar-refractivity contribution in [2.24, 2.45) is 0 Å². The Morgan fingerprint density at radius 2 is 2.05 bits per heavy atom. The van der Waals surface area contributed by atoms with Gasteiger partial charge in [-0.2, -0.15) is 0 Å². The summed E-state index contributed by atoms with van der Waals surface area (Å²) in [6.07, 6.45) is 5.63. The average Bonchev–Trinajstić information content (AvgIpc) is 2.46. The van der Waals surface area contributed by atoms with Crippen LogP contribution in [0.5, 0.6) is 11.5 Å². The van der Waals surface area contributed by atoms with Crippen LogP contribution >= 0.6 is 0 Å². The van der Waals surface area contributed by atoms with Crippen molar-refractivity contribution in [3.63, 3.8) is 0 Å². The van der Waals surface area contributed by atoms with Crippen molar-refractivity contribution >= 4 is 5.91 Å². The summed E-state index contributed by atoms with van der Waals surface area (Å²) >= 11 is 0. The molecule has 2 N–H and O–H groups in total. The van der Waals surface area contributed by atoms with Crippen molar-refractivity contribution in [2.45, 2.75) is 40.2 Å². The van der Waals surface area contributed by atoms with Gasteiger partial charge in [-0.05, 0) is 51.3 Å². The molecule has 0 radical (unpaired) electrons. The molecular weight excluding hydrogens is 278 g/mol. The first-order valence-electron chi connectivity index (χ1n) is 7.36. The predicted molar refractivity (Wildman–Crippen MR) is 88.9 cm³/mol. The van der Waals surface area contributed by atoms with Crippen molar-refractivity contribution in [1.29, 1.82) is 0 Å². The van der Waals surface area contributed by atoms with Crippen LogP contribution in [-0.4, -0.2) is 18.1 Å². The molecule has 0 saturated heterocycles. The van der Waals surface area contributed by atoms with Gasteiger partial charge in [-0.1, -0.05) is 23.3 Å². The molecule has 120 valence electrons. The zero-order chi connectivity index (χ0) is 16.5. The van der Waals surface area contributed by atoms with E-state index in [0.29, 0.717) is 12.3 Å². The lowest BCUT2D eigenvalue weighted by Gasteiger charge is -2.07. The highest BCUT2D eigenvalue weighted by atomic mass is 16.5. The van der Waals surface area contributed by atoms with E-state index in [9.17, 15) is 9.90 Å². The lowest BCUT2D eigenvalue weighted by Crippen LogP contribution is -2.20. The number of carbonyl (C=O) groups is 1. The number of amides is 1. The van der Waals surface area contributed by atoms with Crippen molar-refractivity contribution < 1.29 is 14.6 Å². The van der Waals surface area contributed by atoms with Gasteiger partial charge in [-0.15, -0.1) is 0 Å². The molecule has 1 aromatic carbocycles. The summed E-state index contributed by atoms with van der Waals surface area (Å²) in [7, 11) is 1.50. The van der Waals surface area contributed by atoms with Gasteiger partial charge in [0.2, 0.25) is 5.91 Å². The fourth-order valence-electron chi connectivity index (χ4n) is 1.96. The number of phenols is 1. The number of rotatable bonds is 7. The highest BCUT2D eigenvalue weighted by molar-refractivity contribution is 5.88. The minimum absolute atomic E-state index is 0.0904. The van der Waals surface area contributed by atoms with E-state index >= 15 is 0 Å². The van der Waals surface area contributed by atoms with E-state index in [4.69, 9.17) is 4.74 Å². The Kier molecular flexibility index (Phi) is 7.23. The number of hydrogen-bond donors (Lipinski definition) is 2. The van der Waals surface area contributed by atoms with E-state index in [1.807, 2.05) is 6.92 Å². The normalized spacial score (nSPS) is 11.0. The number of hydrogen-bond acceptors (Lipinski definition) is 3. The number of aromatic hydroxyl groups is 1. The molecule has 0 spiro atoms. The number of nitrogens with one attached hydrogen (secondary N) is 1. The summed E-state index contributed by atoms with van der Waals surface area (Å²) in [6.45, 7) is 6.49. The topological polar surface area (TPSA) is 58.6 Å². The Hall–Kier alpha value is -2.23. The first-order valence-corrected chi connectivity index (χ1v) is 7.36. The first-order chi connectivity index (χ1) is 10.4. The molecule has 1 amide bonds. The number of phenolic OH excluding ortho intramolecular Hbond substituents is 1. The van der Waals surface area contributed by atoms with Crippen LogP contribution in [-0.2, 0) is 11.3 Å². The maximum Gasteiger partial charge on any atom is 0.244 e. The molecule has 0 heterocycles. The van der Waals surface area contributed by atoms with Crippen LogP contribution in [0.2, 0.25) is 0 Å². The monoisotopic (exact) mass is 303 g/mol. The van der Waals surface area contributed by atoms with Gasteiger partial charge in [0, 0.05) is 12.6 Å². The molecule has 0 aliphatic rings. The summed E-state index contributed by atoms with van der Waals surface area (Å²) < 4.78 is 5.04. The molecule has 1 rings (SSSR count). The van der Waals surface area contributed by atoms with Crippen molar-refractivity contribution in [1.82, 2.24) is 5.32 Å². The van der Waals surface area contributed by atoms with E-state index in [2.05, 4.69) is 25.2 Å². The van der Waals surface area contributed by atoms with E-state index < -0.39 is 0 Å². The van der Waals surface area contributed by atoms with Gasteiger partial charge in [-0.3, -0.25) is 4.79 Å². The first kappa shape index (κ1) is 17.8. The molecule has 0 unspecified atom stereocenters. The Morgan fingerprint density at radius 3 is 2.68 bits per heavy atom. The minimum atomic E-state index is -0.109. The Balaban J connectivity index is 2.50. The smallest absolute Gasteiger partial charge is 0.244 e. The van der Waals surface area contributed by atoms with Gasteiger partial charge < -0.3 is 15.2 Å². The predicted octanol–water partition coefficient (Wildman–Crippen LogP) is 3.71. The Bertz CT molecular complexity index is 570. The molecule has 0 saturated carbocycles. The highest BCUT2D eigenvalue weighted by Crippen LogP contribution is 2.26. The van der Waals surface area contributed by atoms with Crippen LogP contribution in [0.15, 0.2) is 41.5 Å². The molecule has 4 nitrogen and oxygen atoms in total. The van der Waals surface area contributed by atoms with Crippen LogP contribution < -0.4 is 10.1 Å². The third-order valence-corrected chi connectivity index (χ3v) is 3.18. The van der Waals surface area contributed by atoms with Gasteiger partial charge in [0.15, 0.2) is 11.5 Å². The molecule has 0 atom stereocenters. The fourth-order valence-corrected chi connectivity index (χ4v) is 1.96. The number of methoxy groups -OCH3 is 1. The highest BCUT2D eigenvalue weighted by Gasteiger charge is 2.04. The lowest BCUT2D eigenvalue weighted by atomic mass is 10.1. The number of allylic oxidation sites excluding steroid dienone is 3. The zero-order valence-electron chi connectivity index (χ0n) is 13.8. The molecule has 0 aliphatic carbocycles. The Morgan fingerprint density at radius 1 is 1.32 bits per heavy atom. The molecule has 1 aromatic rings. The largest absolute Gasteiger partial charge is 0.504 e. The molecule has 0 fully saturated rings. The molecular formula is C18H25NO3. The molecule has 22 heavy (non-hydrogen) atoms. The standard InChI is InChI=1S/C18H25NO3/c1-13(2)6-5-7-14(3)10-18(21)19-12-15-8-9-16(20)17(11-15)22-4/h6,8-11,20H,5,7,12H2,1-4H3,(H,19,21). The van der Waals surface area contributed by atoms with Crippen LogP contribution in [0.3, 0.4) is 0 Å². The zero-order valence-corrected chi connectivity index (χ0v) is 13.8. The van der Waals surface area contributed by atoms with Crippen molar-refractivity contribution in [3.05, 3.63) is 47.1 Å². The van der Waals surface area contributed by atoms with Crippen LogP contribution in [0, 0.1) is 0 Å². The van der Waals surface area contributed by atoms with Crippen molar-refractivity contribution in [3.8, 4) is 11.5 Å². The second-order valence-electron chi connectivity index (χ2n) is 5.53. The van der Waals surface area contributed by atoms with Gasteiger partial charge >= 0.3 is 0 Å². The molecule has 0 bridgehead atoms. The molecule has 4 heteroatoms. The second-order valence-corrected chi connectivity index (χ2v) is 5.53. The van der Waals surface area contributed by atoms with E-state index in [0.717, 1.165) is 24.0 Å². The third-order valence-electron chi connectivity index (χ3n) is 3.18. The van der Waals surface area contributed by atoms with E-state index in [1.165, 1.54) is 12.7 Å². The van der Waals surface area contributed by atoms with Gasteiger partial charge in [0.05, 0.1) is 7.11 Å². The maximum atomic E-state index is 11.9. The van der Waals surface area contributed by atoms with Gasteiger partial charge in [-0.25, -0.2) is 0 Å². The number of ether oxygens (including phenoxy) is 1. The molecule has 0 aromatic heterocycles. The summed E-state index contributed by atoms with van der Waals surface area (Å²) in [5.41, 5.74) is 3.22. The summed E-state index contributed by atoms with van der Waals surface area (Å²) in [6, 6.07) is 5.02. The van der Waals surface area contributed by atoms with E-state index in [-0.39, 0.29) is 11.7 Å². The summed E-state index contributed by atoms with van der Waals surface area (Å²) in [5, 5.41) is 12.4. The second kappa shape index (κ2) is 8.93. The minimum Gasteiger partial charge on any atom is -0.504 e. The maximum absolute atomic E-state index is 11.9. The lowest BCUT2D eigenvalue weighted by molar-refractivity contribution is -0.116. The van der Waals surface area contributed by atoms with E-state index in [1.54, 1.807) is 24.3 Å². The number of carbonyl (C=O) groups excluding carboxylic acids is 1. The van der Waals surface area contributed by atoms with Crippen LogP contribution in [0.1, 0.15) is 39.2 Å². The quantitative estimate of drug-likeness (QED) is 0.596. The average molecular weight is 303 g/mol. The molecule has 0 aliphatic heterocycles. The van der Waals surface area contributed by atoms with Gasteiger partial charge in [0.25, 0.3) is 0 Å². The SMILES string of the molecule is COc1cc(CNC(=O)C=C(C)CCC=C(C)C)ccc1O. The van der Waals surface area contributed by atoms with Crippen LogP contribution in [0.25, 0.3) is 0 Å². The summed E-state index contributed by atoms with van der Waals surface area (Å²) in [5.74, 6) is 0.384. The summed E-state index contributed by atoms with van der Waals surface area (Å²) in [4.78, 5) is 11.9.